The van der Waals surface area contributed by atoms with Gasteiger partial charge in [0.05, 0.1) is 0 Å². The summed E-state index contributed by atoms with van der Waals surface area (Å²) in [5.74, 6) is 5.43. The van der Waals surface area contributed by atoms with Crippen molar-refractivity contribution in [2.75, 3.05) is 0 Å². The molecule has 0 aliphatic heterocycles. The summed E-state index contributed by atoms with van der Waals surface area (Å²) < 4.78 is 0. The quantitative estimate of drug-likeness (QED) is 0.570. The summed E-state index contributed by atoms with van der Waals surface area (Å²) in [5.41, 5.74) is 5.23. The molecule has 17 heavy (non-hydrogen) atoms. The van der Waals surface area contributed by atoms with Gasteiger partial charge in [-0.25, -0.2) is 0 Å². The largest absolute Gasteiger partial charge is 0.331 e. The third-order valence-electron chi connectivity index (χ3n) is 3.39. The molecular weight excluding hydrogens is 208 g/mol. The van der Waals surface area contributed by atoms with E-state index in [1.54, 1.807) is 0 Å². The third kappa shape index (κ3) is 1.81. The van der Waals surface area contributed by atoms with Crippen LogP contribution in [0.25, 0.3) is 23.0 Å². The van der Waals surface area contributed by atoms with Gasteiger partial charge in [-0.05, 0) is 47.9 Å². The molecule has 3 N–H and O–H groups in total. The minimum Gasteiger partial charge on any atom is -0.331 e. The molecule has 0 radical (unpaired) electrons. The van der Waals surface area contributed by atoms with Gasteiger partial charge in [0.25, 0.3) is 0 Å². The van der Waals surface area contributed by atoms with Gasteiger partial charge in [0.15, 0.2) is 0 Å². The Morgan fingerprint density at radius 3 is 2.24 bits per heavy atom. The van der Waals surface area contributed by atoms with Crippen molar-refractivity contribution in [1.29, 1.82) is 0 Å². The van der Waals surface area contributed by atoms with Crippen molar-refractivity contribution in [3.8, 4) is 0 Å². The predicted molar refractivity (Wildman–Crippen MR) is 74.6 cm³/mol. The molecule has 0 amide bonds. The molecule has 0 fully saturated rings. The van der Waals surface area contributed by atoms with Crippen molar-refractivity contribution in [1.82, 2.24) is 5.43 Å². The lowest BCUT2D eigenvalue weighted by atomic mass is 9.96. The van der Waals surface area contributed by atoms with Gasteiger partial charge in [0.2, 0.25) is 0 Å². The number of hydrogen-bond donors (Lipinski definition) is 2. The van der Waals surface area contributed by atoms with Crippen LogP contribution in [0.1, 0.15) is 18.1 Å². The Labute approximate surface area is 101 Å². The van der Waals surface area contributed by atoms with E-state index in [4.69, 9.17) is 5.84 Å². The number of hydrogen-bond acceptors (Lipinski definition) is 2. The van der Waals surface area contributed by atoms with Gasteiger partial charge in [-0.3, -0.25) is 5.84 Å². The summed E-state index contributed by atoms with van der Waals surface area (Å²) in [7, 11) is 0. The first-order chi connectivity index (χ1) is 8.20. The van der Waals surface area contributed by atoms with Crippen LogP contribution in [0.3, 0.4) is 0 Å². The standard InChI is InChI=1S/C15H18N2/c1-4-12-14-8-6-5-7-13(14)10(2)11(3)15(12)9-17-16/h4-9,17H,16H2,1-3H3/b12-4-,15-9-. The Morgan fingerprint density at radius 2 is 1.65 bits per heavy atom. The van der Waals surface area contributed by atoms with Crippen LogP contribution >= 0.6 is 0 Å². The fraction of sp³-hybridized carbons (Fsp3) is 0.200. The Kier molecular flexibility index (Phi) is 3.16. The Balaban J connectivity index is 3.13. The van der Waals surface area contributed by atoms with E-state index < -0.39 is 0 Å². The highest BCUT2D eigenvalue weighted by atomic mass is 15.2. The van der Waals surface area contributed by atoms with Gasteiger partial charge in [0, 0.05) is 11.4 Å². The average Bonchev–Trinajstić information content (AvgIpc) is 2.36. The highest BCUT2D eigenvalue weighted by Crippen LogP contribution is 2.15. The number of aryl methyl sites for hydroxylation is 1. The molecule has 0 atom stereocenters. The molecule has 2 heteroatoms. The molecule has 88 valence electrons. The summed E-state index contributed by atoms with van der Waals surface area (Å²) in [6.07, 6.45) is 4.00. The monoisotopic (exact) mass is 226 g/mol. The molecule has 2 rings (SSSR count). The maximum atomic E-state index is 5.43. The van der Waals surface area contributed by atoms with Gasteiger partial charge < -0.3 is 5.43 Å². The molecule has 0 bridgehead atoms. The van der Waals surface area contributed by atoms with Crippen LogP contribution in [-0.4, -0.2) is 0 Å². The molecule has 0 heterocycles. The zero-order valence-corrected chi connectivity index (χ0v) is 10.5. The first-order valence-electron chi connectivity index (χ1n) is 5.81. The van der Waals surface area contributed by atoms with E-state index in [9.17, 15) is 0 Å². The highest BCUT2D eigenvalue weighted by molar-refractivity contribution is 5.87. The van der Waals surface area contributed by atoms with Gasteiger partial charge in [-0.15, -0.1) is 0 Å². The van der Waals surface area contributed by atoms with Gasteiger partial charge in [0.1, 0.15) is 0 Å². The highest BCUT2D eigenvalue weighted by Gasteiger charge is 2.04. The van der Waals surface area contributed by atoms with E-state index in [0.29, 0.717) is 0 Å². The Morgan fingerprint density at radius 1 is 1.00 bits per heavy atom. The van der Waals surface area contributed by atoms with Crippen molar-refractivity contribution in [2.45, 2.75) is 20.8 Å². The topological polar surface area (TPSA) is 38.0 Å². The fourth-order valence-electron chi connectivity index (χ4n) is 2.38. The maximum Gasteiger partial charge on any atom is 0.0204 e. The second kappa shape index (κ2) is 4.60. The molecule has 2 aromatic carbocycles. The van der Waals surface area contributed by atoms with Crippen LogP contribution in [0.2, 0.25) is 0 Å². The van der Waals surface area contributed by atoms with E-state index in [1.165, 1.54) is 32.3 Å². The molecular formula is C15H18N2. The first-order valence-corrected chi connectivity index (χ1v) is 5.81. The Bertz CT molecular complexity index is 669. The molecule has 0 saturated heterocycles. The van der Waals surface area contributed by atoms with E-state index in [-0.39, 0.29) is 0 Å². The van der Waals surface area contributed by atoms with Crippen LogP contribution in [0.4, 0.5) is 0 Å². The molecule has 0 saturated carbocycles. The molecule has 0 aromatic heterocycles. The molecule has 2 nitrogen and oxygen atoms in total. The number of hydrazine groups is 1. The number of fused-ring (bicyclic) bond motifs is 1. The van der Waals surface area contributed by atoms with Crippen molar-refractivity contribution >= 4 is 23.0 Å². The summed E-state index contributed by atoms with van der Waals surface area (Å²) in [6, 6.07) is 8.48. The summed E-state index contributed by atoms with van der Waals surface area (Å²) in [4.78, 5) is 0. The Hall–Kier alpha value is -1.80. The van der Waals surface area contributed by atoms with Gasteiger partial charge in [-0.2, -0.15) is 0 Å². The molecule has 0 aliphatic carbocycles. The number of rotatable bonds is 1. The van der Waals surface area contributed by atoms with E-state index in [2.05, 4.69) is 56.5 Å². The minimum absolute atomic E-state index is 1.17. The van der Waals surface area contributed by atoms with Crippen molar-refractivity contribution in [3.05, 3.63) is 45.8 Å². The van der Waals surface area contributed by atoms with E-state index in [0.717, 1.165) is 0 Å². The van der Waals surface area contributed by atoms with E-state index in [1.807, 2.05) is 6.20 Å². The smallest absolute Gasteiger partial charge is 0.0204 e. The van der Waals surface area contributed by atoms with Crippen molar-refractivity contribution in [3.63, 3.8) is 0 Å². The van der Waals surface area contributed by atoms with E-state index >= 15 is 0 Å². The summed E-state index contributed by atoms with van der Waals surface area (Å²) in [5, 5.41) is 5.00. The van der Waals surface area contributed by atoms with Crippen LogP contribution in [0.5, 0.6) is 0 Å². The number of nitrogens with one attached hydrogen (secondary N) is 1. The van der Waals surface area contributed by atoms with Crippen LogP contribution in [0.15, 0.2) is 24.3 Å². The maximum absolute atomic E-state index is 5.43. The number of nitrogens with two attached hydrogens (primary N) is 1. The lowest BCUT2D eigenvalue weighted by molar-refractivity contribution is 1.02. The van der Waals surface area contributed by atoms with Crippen molar-refractivity contribution in [2.24, 2.45) is 5.84 Å². The molecule has 0 unspecified atom stereocenters. The zero-order chi connectivity index (χ0) is 12.4. The molecule has 2 aromatic rings. The minimum atomic E-state index is 1.17. The van der Waals surface area contributed by atoms with Crippen molar-refractivity contribution < 1.29 is 0 Å². The van der Waals surface area contributed by atoms with Gasteiger partial charge >= 0.3 is 0 Å². The first kappa shape index (κ1) is 11.7. The fourth-order valence-corrected chi connectivity index (χ4v) is 2.38. The second-order valence-electron chi connectivity index (χ2n) is 4.22. The SMILES string of the molecule is C/C=c1\c(=C/NN)c(C)c(C)c2ccccc12. The lowest BCUT2D eigenvalue weighted by Crippen LogP contribution is -2.33. The molecule has 0 spiro atoms. The normalized spacial score (nSPS) is 13.4. The summed E-state index contributed by atoms with van der Waals surface area (Å²) >= 11 is 0. The van der Waals surface area contributed by atoms with Crippen LogP contribution in [0, 0.1) is 13.8 Å². The predicted octanol–water partition coefficient (Wildman–Crippen LogP) is 1.46. The van der Waals surface area contributed by atoms with Crippen LogP contribution < -0.4 is 21.7 Å². The van der Waals surface area contributed by atoms with Crippen LogP contribution in [-0.2, 0) is 0 Å². The average molecular weight is 226 g/mol. The number of benzene rings is 2. The van der Waals surface area contributed by atoms with Gasteiger partial charge in [-0.1, -0.05) is 30.3 Å². The summed E-state index contributed by atoms with van der Waals surface area (Å²) in [6.45, 7) is 6.35. The lowest BCUT2D eigenvalue weighted by Gasteiger charge is -2.09. The third-order valence-corrected chi connectivity index (χ3v) is 3.39. The zero-order valence-electron chi connectivity index (χ0n) is 10.5. The molecule has 0 aliphatic rings. The second-order valence-corrected chi connectivity index (χ2v) is 4.22.